The Morgan fingerprint density at radius 2 is 2.43 bits per heavy atom. The van der Waals surface area contributed by atoms with E-state index in [9.17, 15) is 9.18 Å². The van der Waals surface area contributed by atoms with E-state index in [2.05, 4.69) is 4.89 Å². The smallest absolute Gasteiger partial charge is 0.298 e. The van der Waals surface area contributed by atoms with Crippen molar-refractivity contribution in [1.29, 1.82) is 0 Å². The molecule has 0 aliphatic rings. The van der Waals surface area contributed by atoms with Gasteiger partial charge in [0.2, 0.25) is 0 Å². The standard InChI is InChI=1S/C3H5FO3/c1-2(4)3(5)7-6/h2,6H,1H3. The van der Waals surface area contributed by atoms with E-state index in [0.29, 0.717) is 0 Å². The second kappa shape index (κ2) is 2.52. The molecule has 0 bridgehead atoms. The first-order chi connectivity index (χ1) is 3.18. The first kappa shape index (κ1) is 6.36. The zero-order chi connectivity index (χ0) is 5.86. The lowest BCUT2D eigenvalue weighted by Gasteiger charge is -1.91. The number of alkyl halides is 1. The molecule has 0 aromatic carbocycles. The van der Waals surface area contributed by atoms with Crippen LogP contribution in [-0.2, 0) is 9.68 Å². The number of carbonyl (C=O) groups is 1. The number of hydrogen-bond acceptors (Lipinski definition) is 3. The average Bonchev–Trinajstić information content (AvgIpc) is 1.65. The predicted molar refractivity (Wildman–Crippen MR) is 19.3 cm³/mol. The van der Waals surface area contributed by atoms with Crippen LogP contribution in [0, 0.1) is 0 Å². The lowest BCUT2D eigenvalue weighted by molar-refractivity contribution is -0.238. The van der Waals surface area contributed by atoms with E-state index in [1.807, 2.05) is 0 Å². The highest BCUT2D eigenvalue weighted by atomic mass is 19.1. The molecule has 0 aromatic rings. The van der Waals surface area contributed by atoms with Crippen molar-refractivity contribution in [2.75, 3.05) is 0 Å². The van der Waals surface area contributed by atoms with Gasteiger partial charge in [-0.15, -0.1) is 0 Å². The fourth-order valence-electron chi connectivity index (χ4n) is 0.0726. The largest absolute Gasteiger partial charge is 0.375 e. The second-order valence-corrected chi connectivity index (χ2v) is 1.03. The summed E-state index contributed by atoms with van der Waals surface area (Å²) in [7, 11) is 0. The Morgan fingerprint density at radius 1 is 2.00 bits per heavy atom. The van der Waals surface area contributed by atoms with E-state index in [1.54, 1.807) is 0 Å². The van der Waals surface area contributed by atoms with Gasteiger partial charge in [0.25, 0.3) is 0 Å². The maximum atomic E-state index is 11.5. The van der Waals surface area contributed by atoms with Gasteiger partial charge in [-0.05, 0) is 6.92 Å². The van der Waals surface area contributed by atoms with Crippen LogP contribution in [0.1, 0.15) is 6.92 Å². The van der Waals surface area contributed by atoms with Gasteiger partial charge in [0.1, 0.15) is 0 Å². The van der Waals surface area contributed by atoms with Gasteiger partial charge in [0.05, 0.1) is 0 Å². The van der Waals surface area contributed by atoms with Crippen molar-refractivity contribution in [1.82, 2.24) is 0 Å². The molecule has 4 heteroatoms. The van der Waals surface area contributed by atoms with Crippen molar-refractivity contribution in [2.45, 2.75) is 13.1 Å². The monoisotopic (exact) mass is 108 g/mol. The molecule has 0 fully saturated rings. The highest BCUT2D eigenvalue weighted by Gasteiger charge is 2.10. The van der Waals surface area contributed by atoms with E-state index in [4.69, 9.17) is 5.26 Å². The molecule has 0 heterocycles. The molecule has 0 amide bonds. The van der Waals surface area contributed by atoms with Gasteiger partial charge >= 0.3 is 5.97 Å². The molecule has 0 spiro atoms. The van der Waals surface area contributed by atoms with Crippen LogP contribution in [0.3, 0.4) is 0 Å². The molecule has 0 saturated heterocycles. The lowest BCUT2D eigenvalue weighted by Crippen LogP contribution is -2.12. The third kappa shape index (κ3) is 2.11. The van der Waals surface area contributed by atoms with E-state index in [0.717, 1.165) is 6.92 Å². The molecular formula is C3H5FO3. The fourth-order valence-corrected chi connectivity index (χ4v) is 0.0726. The zero-order valence-corrected chi connectivity index (χ0v) is 3.72. The molecule has 0 aromatic heterocycles. The Morgan fingerprint density at radius 3 is 2.43 bits per heavy atom. The minimum absolute atomic E-state index is 0.971. The Hall–Kier alpha value is -0.640. The van der Waals surface area contributed by atoms with Gasteiger partial charge in [-0.25, -0.2) is 9.18 Å². The predicted octanol–water partition coefficient (Wildman–Crippen LogP) is 0.361. The molecule has 42 valence electrons. The fraction of sp³-hybridized carbons (Fsp3) is 0.667. The van der Waals surface area contributed by atoms with E-state index in [-0.39, 0.29) is 0 Å². The molecule has 1 unspecified atom stereocenters. The second-order valence-electron chi connectivity index (χ2n) is 1.03. The molecular weight excluding hydrogens is 103 g/mol. The summed E-state index contributed by atoms with van der Waals surface area (Å²) in [5, 5.41) is 7.42. The van der Waals surface area contributed by atoms with Crippen LogP contribution in [0.5, 0.6) is 0 Å². The van der Waals surface area contributed by atoms with Gasteiger partial charge in [-0.2, -0.15) is 5.26 Å². The van der Waals surface area contributed by atoms with Gasteiger partial charge in [-0.3, -0.25) is 4.89 Å². The SMILES string of the molecule is CC(F)C(=O)OO. The number of hydrogen-bond donors (Lipinski definition) is 1. The number of halogens is 1. The third-order valence-corrected chi connectivity index (χ3v) is 0.415. The maximum Gasteiger partial charge on any atom is 0.375 e. The topological polar surface area (TPSA) is 46.5 Å². The minimum atomic E-state index is -1.75. The van der Waals surface area contributed by atoms with Crippen LogP contribution in [0.2, 0.25) is 0 Å². The molecule has 0 aliphatic heterocycles. The summed E-state index contributed by atoms with van der Waals surface area (Å²) in [6, 6.07) is 0. The minimum Gasteiger partial charge on any atom is -0.298 e. The highest BCUT2D eigenvalue weighted by molar-refractivity contribution is 5.73. The Kier molecular flexibility index (Phi) is 2.29. The van der Waals surface area contributed by atoms with E-state index >= 15 is 0 Å². The van der Waals surface area contributed by atoms with Crippen molar-refractivity contribution in [2.24, 2.45) is 0 Å². The summed E-state index contributed by atoms with van der Waals surface area (Å²) in [4.78, 5) is 12.7. The molecule has 7 heavy (non-hydrogen) atoms. The van der Waals surface area contributed by atoms with Gasteiger partial charge in [0, 0.05) is 0 Å². The first-order valence-electron chi connectivity index (χ1n) is 1.68. The summed E-state index contributed by atoms with van der Waals surface area (Å²) in [6.07, 6.45) is -1.75. The van der Waals surface area contributed by atoms with Crippen LogP contribution in [0.15, 0.2) is 0 Å². The van der Waals surface area contributed by atoms with E-state index in [1.165, 1.54) is 0 Å². The Bertz CT molecular complexity index is 70.6. The van der Waals surface area contributed by atoms with Crippen LogP contribution in [-0.4, -0.2) is 17.4 Å². The summed E-state index contributed by atoms with van der Waals surface area (Å²) in [6.45, 7) is 0.971. The van der Waals surface area contributed by atoms with Crippen LogP contribution in [0.4, 0.5) is 4.39 Å². The van der Waals surface area contributed by atoms with Crippen molar-refractivity contribution in [3.63, 3.8) is 0 Å². The van der Waals surface area contributed by atoms with Crippen LogP contribution in [0.25, 0.3) is 0 Å². The van der Waals surface area contributed by atoms with Crippen molar-refractivity contribution in [3.05, 3.63) is 0 Å². The molecule has 0 rings (SSSR count). The average molecular weight is 108 g/mol. The van der Waals surface area contributed by atoms with Crippen molar-refractivity contribution in [3.8, 4) is 0 Å². The first-order valence-corrected chi connectivity index (χ1v) is 1.68. The molecule has 1 N–H and O–H groups in total. The Labute approximate surface area is 39.6 Å². The Balaban J connectivity index is 3.35. The summed E-state index contributed by atoms with van der Waals surface area (Å²) < 4.78 is 11.5. The summed E-state index contributed by atoms with van der Waals surface area (Å²) >= 11 is 0. The van der Waals surface area contributed by atoms with Crippen molar-refractivity contribution >= 4 is 5.97 Å². The number of carbonyl (C=O) groups excluding carboxylic acids is 1. The normalized spacial score (nSPS) is 13.0. The molecule has 3 nitrogen and oxygen atoms in total. The maximum absolute atomic E-state index is 11.5. The highest BCUT2D eigenvalue weighted by Crippen LogP contribution is 1.88. The third-order valence-electron chi connectivity index (χ3n) is 0.415. The van der Waals surface area contributed by atoms with E-state index < -0.39 is 12.1 Å². The van der Waals surface area contributed by atoms with Gasteiger partial charge < -0.3 is 0 Å². The van der Waals surface area contributed by atoms with Crippen LogP contribution < -0.4 is 0 Å². The molecule has 0 radical (unpaired) electrons. The molecule has 0 saturated carbocycles. The van der Waals surface area contributed by atoms with Gasteiger partial charge in [0.15, 0.2) is 6.17 Å². The van der Waals surface area contributed by atoms with Gasteiger partial charge in [-0.1, -0.05) is 0 Å². The number of rotatable bonds is 1. The quantitative estimate of drug-likeness (QED) is 0.389. The molecule has 0 aliphatic carbocycles. The molecule has 1 atom stereocenters. The summed E-state index contributed by atoms with van der Waals surface area (Å²) in [5.74, 6) is -1.26. The zero-order valence-electron chi connectivity index (χ0n) is 3.72. The van der Waals surface area contributed by atoms with Crippen molar-refractivity contribution < 1.29 is 19.3 Å². The summed E-state index contributed by atoms with van der Waals surface area (Å²) in [5.41, 5.74) is 0. The van der Waals surface area contributed by atoms with Crippen LogP contribution >= 0.6 is 0 Å². The lowest BCUT2D eigenvalue weighted by atomic mass is 10.5.